The lowest BCUT2D eigenvalue weighted by Crippen LogP contribution is -3.18. The molecule has 0 aromatic heterocycles. The number of carbonyl (C=O) groups is 1. The Morgan fingerprint density at radius 3 is 2.35 bits per heavy atom. The van der Waals surface area contributed by atoms with E-state index in [1.807, 2.05) is 19.1 Å². The Kier molecular flexibility index (Phi) is 5.06. The van der Waals surface area contributed by atoms with Crippen LogP contribution in [0.3, 0.4) is 0 Å². The highest BCUT2D eigenvalue weighted by atomic mass is 35.5. The van der Waals surface area contributed by atoms with E-state index in [4.69, 9.17) is 11.6 Å². The average Bonchev–Trinajstić information content (AvgIpc) is 2.39. The minimum atomic E-state index is -0.0177. The molecular formula is C16H24ClN2O+. The van der Waals surface area contributed by atoms with Crippen molar-refractivity contribution in [2.24, 2.45) is 11.8 Å². The van der Waals surface area contributed by atoms with Gasteiger partial charge in [0.15, 0.2) is 6.04 Å². The number of rotatable bonds is 3. The van der Waals surface area contributed by atoms with Crippen LogP contribution in [0.5, 0.6) is 0 Å². The predicted octanol–water partition coefficient (Wildman–Crippen LogP) is 2.23. The highest BCUT2D eigenvalue weighted by molar-refractivity contribution is 6.30. The van der Waals surface area contributed by atoms with Crippen molar-refractivity contribution in [3.05, 3.63) is 29.3 Å². The summed E-state index contributed by atoms with van der Waals surface area (Å²) in [5, 5.41) is 3.66. The fourth-order valence-corrected chi connectivity index (χ4v) is 3.28. The van der Waals surface area contributed by atoms with Crippen molar-refractivity contribution in [2.75, 3.05) is 18.4 Å². The van der Waals surface area contributed by atoms with Crippen LogP contribution in [0.2, 0.25) is 5.02 Å². The minimum absolute atomic E-state index is 0.0177. The molecule has 0 spiro atoms. The van der Waals surface area contributed by atoms with Crippen LogP contribution in [0.15, 0.2) is 24.3 Å². The van der Waals surface area contributed by atoms with Gasteiger partial charge in [-0.1, -0.05) is 25.4 Å². The van der Waals surface area contributed by atoms with Gasteiger partial charge in [-0.3, -0.25) is 4.79 Å². The van der Waals surface area contributed by atoms with Gasteiger partial charge in [0.25, 0.3) is 5.91 Å². The van der Waals surface area contributed by atoms with Crippen LogP contribution < -0.4 is 10.2 Å². The molecule has 0 radical (unpaired) electrons. The van der Waals surface area contributed by atoms with Crippen LogP contribution >= 0.6 is 11.6 Å². The number of amides is 1. The maximum Gasteiger partial charge on any atom is 0.282 e. The Bertz CT molecular complexity index is 450. The number of hydrogen-bond acceptors (Lipinski definition) is 1. The predicted molar refractivity (Wildman–Crippen MR) is 83.2 cm³/mol. The third-order valence-electron chi connectivity index (χ3n) is 4.14. The fraction of sp³-hybridized carbons (Fsp3) is 0.562. The van der Waals surface area contributed by atoms with Crippen LogP contribution in [0.4, 0.5) is 5.69 Å². The topological polar surface area (TPSA) is 33.5 Å². The third-order valence-corrected chi connectivity index (χ3v) is 4.40. The van der Waals surface area contributed by atoms with Crippen LogP contribution in [-0.4, -0.2) is 25.0 Å². The molecule has 1 aliphatic rings. The lowest BCUT2D eigenvalue weighted by atomic mass is 9.91. The molecule has 0 aliphatic carbocycles. The van der Waals surface area contributed by atoms with Crippen molar-refractivity contribution < 1.29 is 9.69 Å². The Morgan fingerprint density at radius 2 is 1.80 bits per heavy atom. The van der Waals surface area contributed by atoms with Gasteiger partial charge in [0.05, 0.1) is 13.1 Å². The van der Waals surface area contributed by atoms with Crippen molar-refractivity contribution in [2.45, 2.75) is 33.2 Å². The lowest BCUT2D eigenvalue weighted by molar-refractivity contribution is -0.925. The van der Waals surface area contributed by atoms with E-state index in [1.165, 1.54) is 11.3 Å². The molecule has 1 aliphatic heterocycles. The monoisotopic (exact) mass is 295 g/mol. The van der Waals surface area contributed by atoms with Gasteiger partial charge in [0, 0.05) is 22.5 Å². The lowest BCUT2D eigenvalue weighted by Gasteiger charge is -2.35. The smallest absolute Gasteiger partial charge is 0.282 e. The van der Waals surface area contributed by atoms with Crippen molar-refractivity contribution >= 4 is 23.2 Å². The molecule has 1 aromatic carbocycles. The number of carbonyl (C=O) groups excluding carboxylic acids is 1. The number of halogens is 1. The molecule has 110 valence electrons. The molecule has 3 nitrogen and oxygen atoms in total. The number of piperidine rings is 1. The first-order valence-electron chi connectivity index (χ1n) is 7.36. The van der Waals surface area contributed by atoms with E-state index in [9.17, 15) is 4.79 Å². The maximum atomic E-state index is 12.3. The molecule has 1 heterocycles. The first-order valence-corrected chi connectivity index (χ1v) is 7.74. The second kappa shape index (κ2) is 6.59. The van der Waals surface area contributed by atoms with E-state index in [0.717, 1.165) is 18.8 Å². The van der Waals surface area contributed by atoms with Gasteiger partial charge in [-0.05, 0) is 37.6 Å². The second-order valence-electron chi connectivity index (χ2n) is 6.23. The summed E-state index contributed by atoms with van der Waals surface area (Å²) in [5.74, 6) is 1.47. The summed E-state index contributed by atoms with van der Waals surface area (Å²) < 4.78 is 0. The van der Waals surface area contributed by atoms with Crippen LogP contribution in [0, 0.1) is 11.8 Å². The van der Waals surface area contributed by atoms with E-state index < -0.39 is 0 Å². The molecule has 1 saturated heterocycles. The Morgan fingerprint density at radius 1 is 1.25 bits per heavy atom. The largest absolute Gasteiger partial charge is 0.324 e. The first-order chi connectivity index (χ1) is 9.45. The summed E-state index contributed by atoms with van der Waals surface area (Å²) >= 11 is 5.85. The quantitative estimate of drug-likeness (QED) is 0.881. The van der Waals surface area contributed by atoms with E-state index in [0.29, 0.717) is 16.9 Å². The normalized spacial score (nSPS) is 27.9. The highest BCUT2D eigenvalue weighted by Crippen LogP contribution is 2.14. The molecule has 1 aromatic rings. The molecule has 0 unspecified atom stereocenters. The summed E-state index contributed by atoms with van der Waals surface area (Å²) in [6, 6.07) is 7.24. The van der Waals surface area contributed by atoms with Gasteiger partial charge >= 0.3 is 0 Å². The van der Waals surface area contributed by atoms with E-state index in [2.05, 4.69) is 19.2 Å². The molecule has 4 heteroatoms. The maximum absolute atomic E-state index is 12.3. The van der Waals surface area contributed by atoms with Gasteiger partial charge in [-0.25, -0.2) is 0 Å². The van der Waals surface area contributed by atoms with Gasteiger partial charge < -0.3 is 10.2 Å². The van der Waals surface area contributed by atoms with Crippen molar-refractivity contribution in [3.63, 3.8) is 0 Å². The van der Waals surface area contributed by atoms with Crippen molar-refractivity contribution in [3.8, 4) is 0 Å². The zero-order valence-electron chi connectivity index (χ0n) is 12.4. The molecule has 1 amide bonds. The Balaban J connectivity index is 1.96. The minimum Gasteiger partial charge on any atom is -0.324 e. The molecule has 1 fully saturated rings. The SMILES string of the molecule is C[C@H]1C[C@H](C)C[NH+]([C@@H](C)C(=O)Nc2ccc(Cl)cc2)C1. The molecule has 20 heavy (non-hydrogen) atoms. The van der Waals surface area contributed by atoms with Crippen LogP contribution in [-0.2, 0) is 4.79 Å². The summed E-state index contributed by atoms with van der Waals surface area (Å²) in [4.78, 5) is 13.7. The molecule has 3 atom stereocenters. The summed E-state index contributed by atoms with van der Waals surface area (Å²) in [5.41, 5.74) is 0.809. The fourth-order valence-electron chi connectivity index (χ4n) is 3.15. The number of benzene rings is 1. The number of anilines is 1. The molecular weight excluding hydrogens is 272 g/mol. The third kappa shape index (κ3) is 3.97. The zero-order chi connectivity index (χ0) is 14.7. The first kappa shape index (κ1) is 15.3. The summed E-state index contributed by atoms with van der Waals surface area (Å²) in [7, 11) is 0. The number of hydrogen-bond donors (Lipinski definition) is 2. The van der Waals surface area contributed by atoms with E-state index >= 15 is 0 Å². The molecule has 2 N–H and O–H groups in total. The van der Waals surface area contributed by atoms with Crippen molar-refractivity contribution in [1.29, 1.82) is 0 Å². The Labute approximate surface area is 126 Å². The molecule has 0 saturated carbocycles. The van der Waals surface area contributed by atoms with Crippen molar-refractivity contribution in [1.82, 2.24) is 0 Å². The van der Waals surface area contributed by atoms with Gasteiger partial charge in [-0.15, -0.1) is 0 Å². The van der Waals surface area contributed by atoms with E-state index in [1.54, 1.807) is 12.1 Å². The standard InChI is InChI=1S/C16H23ClN2O/c1-11-8-12(2)10-19(9-11)13(3)16(20)18-15-6-4-14(17)5-7-15/h4-7,11-13H,8-10H2,1-3H3,(H,18,20)/p+1/t11-,12-,13-/m0/s1. The van der Waals surface area contributed by atoms with Gasteiger partial charge in [0.2, 0.25) is 0 Å². The van der Waals surface area contributed by atoms with Crippen LogP contribution in [0.1, 0.15) is 27.2 Å². The number of likely N-dealkylation sites (tertiary alicyclic amines) is 1. The van der Waals surface area contributed by atoms with Gasteiger partial charge in [-0.2, -0.15) is 0 Å². The highest BCUT2D eigenvalue weighted by Gasteiger charge is 2.32. The van der Waals surface area contributed by atoms with Crippen LogP contribution in [0.25, 0.3) is 0 Å². The second-order valence-corrected chi connectivity index (χ2v) is 6.67. The molecule has 2 rings (SSSR count). The summed E-state index contributed by atoms with van der Waals surface area (Å²) in [6.07, 6.45) is 1.27. The average molecular weight is 296 g/mol. The zero-order valence-corrected chi connectivity index (χ0v) is 13.2. The summed E-state index contributed by atoms with van der Waals surface area (Å²) in [6.45, 7) is 8.74. The van der Waals surface area contributed by atoms with Gasteiger partial charge in [0.1, 0.15) is 0 Å². The van der Waals surface area contributed by atoms with E-state index in [-0.39, 0.29) is 11.9 Å². The number of quaternary nitrogens is 1. The molecule has 0 bridgehead atoms. The Hall–Kier alpha value is -1.06. The number of nitrogens with one attached hydrogen (secondary N) is 2.